The van der Waals surface area contributed by atoms with E-state index in [1.807, 2.05) is 42.5 Å². The van der Waals surface area contributed by atoms with Crippen LogP contribution in [0.25, 0.3) is 10.8 Å². The Bertz CT molecular complexity index is 1160. The topological polar surface area (TPSA) is 156 Å². The molecule has 0 aliphatic carbocycles. The second-order valence-corrected chi connectivity index (χ2v) is 7.37. The molecule has 0 aliphatic heterocycles. The Hall–Kier alpha value is -4.34. The smallest absolute Gasteiger partial charge is 0.272 e. The number of primary amides is 1. The van der Waals surface area contributed by atoms with Gasteiger partial charge in [-0.3, -0.25) is 24.2 Å². The summed E-state index contributed by atoms with van der Waals surface area (Å²) < 4.78 is 0. The maximum absolute atomic E-state index is 12.7. The fourth-order valence-corrected chi connectivity index (χ4v) is 3.22. The Morgan fingerprint density at radius 3 is 2.45 bits per heavy atom. The first-order valence-corrected chi connectivity index (χ1v) is 10.2. The van der Waals surface area contributed by atoms with E-state index in [0.29, 0.717) is 0 Å². The molecule has 2 atom stereocenters. The van der Waals surface area contributed by atoms with E-state index in [4.69, 9.17) is 5.73 Å². The largest absolute Gasteiger partial charge is 0.370 e. The highest BCUT2D eigenvalue weighted by Gasteiger charge is 2.26. The quantitative estimate of drug-likeness (QED) is 0.372. The number of nitrogens with zero attached hydrogens (tertiary/aromatic N) is 2. The van der Waals surface area contributed by atoms with Gasteiger partial charge in [-0.05, 0) is 23.3 Å². The van der Waals surface area contributed by atoms with Crippen molar-refractivity contribution in [3.8, 4) is 0 Å². The lowest BCUT2D eigenvalue weighted by molar-refractivity contribution is -0.130. The minimum atomic E-state index is -1.27. The normalized spacial score (nSPS) is 12.4. The molecular formula is C23H24N6O4. The van der Waals surface area contributed by atoms with Gasteiger partial charge in [-0.2, -0.15) is 0 Å². The fraction of sp³-hybridized carbons (Fsp3) is 0.217. The van der Waals surface area contributed by atoms with Crippen molar-refractivity contribution in [3.63, 3.8) is 0 Å². The van der Waals surface area contributed by atoms with Gasteiger partial charge >= 0.3 is 0 Å². The van der Waals surface area contributed by atoms with E-state index in [9.17, 15) is 19.2 Å². The molecule has 0 radical (unpaired) electrons. The molecule has 3 aromatic rings. The van der Waals surface area contributed by atoms with E-state index in [2.05, 4.69) is 25.9 Å². The molecule has 0 saturated carbocycles. The zero-order valence-electron chi connectivity index (χ0n) is 17.9. The highest BCUT2D eigenvalue weighted by Crippen LogP contribution is 2.18. The highest BCUT2D eigenvalue weighted by molar-refractivity contribution is 5.98. The average molecular weight is 448 g/mol. The second-order valence-electron chi connectivity index (χ2n) is 7.37. The summed E-state index contributed by atoms with van der Waals surface area (Å²) in [5.74, 6) is -2.63. The summed E-state index contributed by atoms with van der Waals surface area (Å²) in [5, 5.41) is 9.77. The monoisotopic (exact) mass is 448 g/mol. The molecule has 0 aliphatic rings. The first kappa shape index (κ1) is 23.3. The van der Waals surface area contributed by atoms with Crippen LogP contribution < -0.4 is 21.7 Å². The number of carbonyl (C=O) groups excluding carboxylic acids is 4. The summed E-state index contributed by atoms with van der Waals surface area (Å²) in [4.78, 5) is 56.6. The van der Waals surface area contributed by atoms with Crippen LogP contribution in [0, 0.1) is 0 Å². The van der Waals surface area contributed by atoms with Crippen LogP contribution in [0.4, 0.5) is 0 Å². The zero-order valence-corrected chi connectivity index (χ0v) is 17.9. The molecule has 0 spiro atoms. The molecule has 1 heterocycles. The predicted octanol–water partition coefficient (Wildman–Crippen LogP) is 0.425. The van der Waals surface area contributed by atoms with E-state index in [-0.39, 0.29) is 12.2 Å². The predicted molar refractivity (Wildman–Crippen MR) is 120 cm³/mol. The van der Waals surface area contributed by atoms with Crippen LogP contribution >= 0.6 is 0 Å². The van der Waals surface area contributed by atoms with E-state index in [0.717, 1.165) is 16.3 Å². The number of aromatic nitrogens is 2. The van der Waals surface area contributed by atoms with Gasteiger partial charge in [0.25, 0.3) is 5.91 Å². The molecule has 33 heavy (non-hydrogen) atoms. The Balaban J connectivity index is 1.60. The number of nitrogens with one attached hydrogen (secondary N) is 3. The fourth-order valence-electron chi connectivity index (χ4n) is 3.22. The van der Waals surface area contributed by atoms with Gasteiger partial charge in [-0.1, -0.05) is 42.5 Å². The van der Waals surface area contributed by atoms with Crippen LogP contribution in [0.15, 0.2) is 61.1 Å². The van der Waals surface area contributed by atoms with Gasteiger partial charge in [0, 0.05) is 18.9 Å². The van der Waals surface area contributed by atoms with Crippen molar-refractivity contribution in [3.05, 3.63) is 72.3 Å². The molecule has 0 bridgehead atoms. The molecule has 0 fully saturated rings. The summed E-state index contributed by atoms with van der Waals surface area (Å²) in [6.45, 7) is 1.77. The number of nitrogens with two attached hydrogens (primary N) is 1. The molecule has 170 valence electrons. The van der Waals surface area contributed by atoms with Crippen molar-refractivity contribution in [2.24, 2.45) is 5.73 Å². The molecule has 10 nitrogen and oxygen atoms in total. The van der Waals surface area contributed by atoms with Gasteiger partial charge in [0.1, 0.15) is 17.8 Å². The Morgan fingerprint density at radius 2 is 1.73 bits per heavy atom. The van der Waals surface area contributed by atoms with Crippen LogP contribution in [0.1, 0.15) is 29.4 Å². The number of fused-ring (bicyclic) bond motifs is 1. The van der Waals surface area contributed by atoms with E-state index in [1.165, 1.54) is 25.5 Å². The average Bonchev–Trinajstić information content (AvgIpc) is 2.82. The van der Waals surface area contributed by atoms with Gasteiger partial charge in [0.15, 0.2) is 0 Å². The maximum atomic E-state index is 12.7. The molecule has 5 N–H and O–H groups in total. The van der Waals surface area contributed by atoms with E-state index < -0.39 is 42.1 Å². The van der Waals surface area contributed by atoms with Crippen molar-refractivity contribution in [2.45, 2.75) is 32.0 Å². The van der Waals surface area contributed by atoms with Gasteiger partial charge in [-0.25, -0.2) is 4.98 Å². The third-order valence-corrected chi connectivity index (χ3v) is 4.91. The summed E-state index contributed by atoms with van der Waals surface area (Å²) in [6, 6.07) is 11.4. The number of hydrogen-bond donors (Lipinski definition) is 4. The first-order chi connectivity index (χ1) is 15.8. The van der Waals surface area contributed by atoms with Crippen molar-refractivity contribution < 1.29 is 19.2 Å². The number of hydrogen-bond acceptors (Lipinski definition) is 6. The molecule has 4 amide bonds. The van der Waals surface area contributed by atoms with Crippen LogP contribution in [0.3, 0.4) is 0 Å². The molecule has 2 aromatic carbocycles. The van der Waals surface area contributed by atoms with Gasteiger partial charge < -0.3 is 21.7 Å². The molecule has 10 heteroatoms. The minimum absolute atomic E-state index is 0.0272. The number of carbonyl (C=O) groups is 4. The number of rotatable bonds is 9. The van der Waals surface area contributed by atoms with Crippen LogP contribution in [0.5, 0.6) is 0 Å². The van der Waals surface area contributed by atoms with Crippen LogP contribution in [-0.4, -0.2) is 45.7 Å². The molecule has 3 rings (SSSR count). The third-order valence-electron chi connectivity index (χ3n) is 4.91. The Morgan fingerprint density at radius 1 is 0.970 bits per heavy atom. The highest BCUT2D eigenvalue weighted by atomic mass is 16.2. The standard InChI is InChI=1S/C23H24N6O4/c1-14(21(31)27-12-16-7-4-6-15-5-2-3-8-17(15)16)28-22(32)18(11-20(24)30)29-23(33)19-13-25-9-10-26-19/h2-10,13-14,18H,11-12H2,1H3,(H2,24,30)(H,27,31)(H,28,32)(H,29,33). The number of amides is 4. The van der Waals surface area contributed by atoms with E-state index >= 15 is 0 Å². The molecule has 2 unspecified atom stereocenters. The first-order valence-electron chi connectivity index (χ1n) is 10.2. The van der Waals surface area contributed by atoms with Crippen LogP contribution in [-0.2, 0) is 20.9 Å². The van der Waals surface area contributed by atoms with Gasteiger partial charge in [0.05, 0.1) is 12.6 Å². The van der Waals surface area contributed by atoms with Gasteiger partial charge in [0.2, 0.25) is 17.7 Å². The van der Waals surface area contributed by atoms with Crippen molar-refractivity contribution in [1.82, 2.24) is 25.9 Å². The Labute approximate surface area is 190 Å². The zero-order chi connectivity index (χ0) is 23.8. The van der Waals surface area contributed by atoms with Gasteiger partial charge in [-0.15, -0.1) is 0 Å². The third kappa shape index (κ3) is 6.33. The lowest BCUT2D eigenvalue weighted by atomic mass is 10.0. The Kier molecular flexibility index (Phi) is 7.64. The SMILES string of the molecule is CC(NC(=O)C(CC(N)=O)NC(=O)c1cnccn1)C(=O)NCc1cccc2ccccc12. The molecular weight excluding hydrogens is 424 g/mol. The summed E-state index contributed by atoms with van der Waals surface area (Å²) in [7, 11) is 0. The van der Waals surface area contributed by atoms with Crippen molar-refractivity contribution >= 4 is 34.4 Å². The van der Waals surface area contributed by atoms with E-state index in [1.54, 1.807) is 0 Å². The second kappa shape index (κ2) is 10.8. The lowest BCUT2D eigenvalue weighted by Gasteiger charge is -2.20. The van der Waals surface area contributed by atoms with Crippen molar-refractivity contribution in [2.75, 3.05) is 0 Å². The summed E-state index contributed by atoms with van der Waals surface area (Å²) >= 11 is 0. The maximum Gasteiger partial charge on any atom is 0.272 e. The minimum Gasteiger partial charge on any atom is -0.370 e. The van der Waals surface area contributed by atoms with Crippen molar-refractivity contribution in [1.29, 1.82) is 0 Å². The molecule has 1 aromatic heterocycles. The summed E-state index contributed by atoms with van der Waals surface area (Å²) in [5.41, 5.74) is 6.12. The summed E-state index contributed by atoms with van der Waals surface area (Å²) in [6.07, 6.45) is 3.49. The number of benzene rings is 2. The molecule has 0 saturated heterocycles. The van der Waals surface area contributed by atoms with Crippen LogP contribution in [0.2, 0.25) is 0 Å². The lowest BCUT2D eigenvalue weighted by Crippen LogP contribution is -2.53.